The van der Waals surface area contributed by atoms with Crippen molar-refractivity contribution in [3.8, 4) is 6.19 Å². The van der Waals surface area contributed by atoms with Gasteiger partial charge in [0.15, 0.2) is 11.4 Å². The van der Waals surface area contributed by atoms with E-state index in [4.69, 9.17) is 5.26 Å². The van der Waals surface area contributed by atoms with Gasteiger partial charge in [0.2, 0.25) is 5.69 Å². The zero-order valence-corrected chi connectivity index (χ0v) is 11.9. The predicted octanol–water partition coefficient (Wildman–Crippen LogP) is 2.94. The highest BCUT2D eigenvalue weighted by atomic mass is 32.2. The summed E-state index contributed by atoms with van der Waals surface area (Å²) >= 11 is 0.789. The molecule has 1 N–H and O–H groups in total. The van der Waals surface area contributed by atoms with Gasteiger partial charge in [-0.25, -0.2) is 4.99 Å². The number of halogens is 3. The number of thioether (sulfide) groups is 1. The maximum absolute atomic E-state index is 12.7. The molecule has 0 bridgehead atoms. The van der Waals surface area contributed by atoms with Crippen molar-refractivity contribution in [1.82, 2.24) is 5.32 Å². The number of benzene rings is 1. The minimum absolute atomic E-state index is 0.149. The second-order valence-electron chi connectivity index (χ2n) is 3.73. The molecule has 0 saturated carbocycles. The van der Waals surface area contributed by atoms with Gasteiger partial charge < -0.3 is 0 Å². The Morgan fingerprint density at radius 1 is 1.30 bits per heavy atom. The normalized spacial score (nSPS) is 11.7. The van der Waals surface area contributed by atoms with Crippen LogP contribution in [-0.4, -0.2) is 21.3 Å². The van der Waals surface area contributed by atoms with E-state index in [2.05, 4.69) is 4.99 Å². The van der Waals surface area contributed by atoms with Crippen LogP contribution in [0.15, 0.2) is 17.1 Å². The number of nitriles is 1. The van der Waals surface area contributed by atoms with Gasteiger partial charge in [-0.05, 0) is 6.26 Å². The number of rotatable bonds is 3. The first kappa shape index (κ1) is 18.2. The molecule has 0 radical (unpaired) electrons. The fourth-order valence-electron chi connectivity index (χ4n) is 1.43. The minimum Gasteiger partial charge on any atom is -0.271 e. The Morgan fingerprint density at radius 3 is 2.09 bits per heavy atom. The summed E-state index contributed by atoms with van der Waals surface area (Å²) in [7, 11) is 0. The average Bonchev–Trinajstić information content (AvgIpc) is 2.44. The van der Waals surface area contributed by atoms with Gasteiger partial charge in [-0.1, -0.05) is 11.8 Å². The summed E-state index contributed by atoms with van der Waals surface area (Å²) in [5, 5.41) is 32.2. The molecule has 1 aromatic rings. The topological polar surface area (TPSA) is 134 Å². The maximum atomic E-state index is 12.7. The fraction of sp³-hybridized carbons (Fsp3) is 0.200. The molecule has 0 aliphatic carbocycles. The minimum atomic E-state index is -5.01. The van der Waals surface area contributed by atoms with Crippen molar-refractivity contribution < 1.29 is 23.0 Å². The molecular weight excluding hydrogens is 343 g/mol. The molecule has 0 heterocycles. The summed E-state index contributed by atoms with van der Waals surface area (Å²) in [5.41, 5.74) is -4.83. The highest BCUT2D eigenvalue weighted by Crippen LogP contribution is 2.43. The zero-order valence-electron chi connectivity index (χ0n) is 11.1. The molecule has 0 unspecified atom stereocenters. The third-order valence-corrected chi connectivity index (χ3v) is 2.94. The third-order valence-electron chi connectivity index (χ3n) is 2.36. The van der Waals surface area contributed by atoms with Crippen LogP contribution in [-0.2, 0) is 6.18 Å². The van der Waals surface area contributed by atoms with Crippen molar-refractivity contribution >= 4 is 34.0 Å². The van der Waals surface area contributed by atoms with Gasteiger partial charge in [-0.3, -0.25) is 25.5 Å². The van der Waals surface area contributed by atoms with E-state index in [-0.39, 0.29) is 17.3 Å². The Morgan fingerprint density at radius 2 is 1.78 bits per heavy atom. The third kappa shape index (κ3) is 4.30. The van der Waals surface area contributed by atoms with Crippen LogP contribution in [0.3, 0.4) is 0 Å². The molecule has 0 aliphatic heterocycles. The summed E-state index contributed by atoms with van der Waals surface area (Å²) in [6, 6.07) is 0.298. The quantitative estimate of drug-likeness (QED) is 0.221. The molecule has 9 nitrogen and oxygen atoms in total. The van der Waals surface area contributed by atoms with Crippen molar-refractivity contribution in [2.45, 2.75) is 6.18 Å². The van der Waals surface area contributed by atoms with Gasteiger partial charge >= 0.3 is 17.6 Å². The fourth-order valence-corrected chi connectivity index (χ4v) is 1.77. The van der Waals surface area contributed by atoms with E-state index in [1.165, 1.54) is 12.4 Å². The molecule has 0 spiro atoms. The van der Waals surface area contributed by atoms with Crippen molar-refractivity contribution in [3.05, 3.63) is 37.9 Å². The van der Waals surface area contributed by atoms with Crippen LogP contribution in [0, 0.1) is 31.7 Å². The summed E-state index contributed by atoms with van der Waals surface area (Å²) in [5.74, 6) is 0. The molecule has 13 heteroatoms. The van der Waals surface area contributed by atoms with Gasteiger partial charge in [0.1, 0.15) is 0 Å². The van der Waals surface area contributed by atoms with E-state index in [1.54, 1.807) is 0 Å². The van der Waals surface area contributed by atoms with Crippen LogP contribution < -0.4 is 5.32 Å². The number of nitrogens with one attached hydrogen (secondary N) is 1. The molecule has 0 aliphatic rings. The van der Waals surface area contributed by atoms with E-state index < -0.39 is 38.6 Å². The van der Waals surface area contributed by atoms with E-state index in [9.17, 15) is 33.4 Å². The monoisotopic (exact) mass is 349 g/mol. The molecule has 0 amide bonds. The largest absolute Gasteiger partial charge is 0.416 e. The van der Waals surface area contributed by atoms with Gasteiger partial charge in [0.25, 0.3) is 0 Å². The smallest absolute Gasteiger partial charge is 0.271 e. The first-order chi connectivity index (χ1) is 10.6. The number of hydrogen-bond acceptors (Lipinski definition) is 7. The number of nitro groups is 2. The van der Waals surface area contributed by atoms with E-state index in [0.29, 0.717) is 0 Å². The number of nitro benzene ring substituents is 2. The van der Waals surface area contributed by atoms with Crippen molar-refractivity contribution in [1.29, 1.82) is 5.26 Å². The number of alkyl halides is 3. The second kappa shape index (κ2) is 6.92. The van der Waals surface area contributed by atoms with Crippen LogP contribution in [0.2, 0.25) is 0 Å². The van der Waals surface area contributed by atoms with Crippen LogP contribution in [0.25, 0.3) is 0 Å². The van der Waals surface area contributed by atoms with E-state index in [1.807, 2.05) is 5.32 Å². The number of aliphatic imine (C=N–C) groups is 1. The van der Waals surface area contributed by atoms with E-state index in [0.717, 1.165) is 11.8 Å². The Balaban J connectivity index is 3.76. The van der Waals surface area contributed by atoms with Crippen molar-refractivity contribution in [2.75, 3.05) is 6.26 Å². The van der Waals surface area contributed by atoms with Crippen molar-refractivity contribution in [2.24, 2.45) is 4.99 Å². The molecule has 1 rings (SSSR count). The summed E-state index contributed by atoms with van der Waals surface area (Å²) in [4.78, 5) is 23.0. The Labute approximate surface area is 130 Å². The summed E-state index contributed by atoms with van der Waals surface area (Å²) in [6.07, 6.45) is -2.15. The van der Waals surface area contributed by atoms with Gasteiger partial charge in [0.05, 0.1) is 15.4 Å². The van der Waals surface area contributed by atoms with Crippen molar-refractivity contribution in [3.63, 3.8) is 0 Å². The van der Waals surface area contributed by atoms with Crippen LogP contribution >= 0.6 is 11.8 Å². The molecule has 23 heavy (non-hydrogen) atoms. The maximum Gasteiger partial charge on any atom is 0.416 e. The predicted molar refractivity (Wildman–Crippen MR) is 74.1 cm³/mol. The number of amidine groups is 1. The Bertz CT molecular complexity index is 693. The molecule has 0 atom stereocenters. The first-order valence-electron chi connectivity index (χ1n) is 5.43. The van der Waals surface area contributed by atoms with Crippen LogP contribution in [0.1, 0.15) is 5.56 Å². The molecular formula is C10H6F3N5O4S. The van der Waals surface area contributed by atoms with Gasteiger partial charge in [-0.15, -0.1) is 0 Å². The Kier molecular flexibility index (Phi) is 5.47. The Hall–Kier alpha value is -2.88. The molecule has 122 valence electrons. The zero-order chi connectivity index (χ0) is 17.8. The number of hydrogen-bond donors (Lipinski definition) is 1. The second-order valence-corrected chi connectivity index (χ2v) is 4.53. The lowest BCUT2D eigenvalue weighted by molar-refractivity contribution is -0.392. The summed E-state index contributed by atoms with van der Waals surface area (Å²) < 4.78 is 38.1. The molecule has 0 fully saturated rings. The highest BCUT2D eigenvalue weighted by Gasteiger charge is 2.37. The number of nitrogens with zero attached hydrogens (tertiary/aromatic N) is 4. The highest BCUT2D eigenvalue weighted by molar-refractivity contribution is 8.13. The SMILES string of the molecule is CSC(=Nc1c([N+](=O)[O-])cc(C(F)(F)F)cc1[N+](=O)[O-])NC#N. The standard InChI is InChI=1S/C10H6F3N5O4S/c1-23-9(15-4-14)16-8-6(17(19)20)2-5(10(11,12)13)3-7(8)18(21)22/h2-3H,1H3,(H,15,16). The molecule has 0 aromatic heterocycles. The van der Waals surface area contributed by atoms with Crippen LogP contribution in [0.5, 0.6) is 0 Å². The molecule has 0 saturated heterocycles. The van der Waals surface area contributed by atoms with Gasteiger partial charge in [-0.2, -0.15) is 18.4 Å². The molecule has 1 aromatic carbocycles. The lowest BCUT2D eigenvalue weighted by Gasteiger charge is -2.08. The lowest BCUT2D eigenvalue weighted by Crippen LogP contribution is -2.13. The van der Waals surface area contributed by atoms with Gasteiger partial charge in [0, 0.05) is 12.1 Å². The van der Waals surface area contributed by atoms with Crippen LogP contribution in [0.4, 0.5) is 30.2 Å². The average molecular weight is 349 g/mol. The lowest BCUT2D eigenvalue weighted by atomic mass is 10.1. The van der Waals surface area contributed by atoms with E-state index >= 15 is 0 Å². The summed E-state index contributed by atoms with van der Waals surface area (Å²) in [6.45, 7) is 0. The first-order valence-corrected chi connectivity index (χ1v) is 6.66.